The number of phenolic OH excluding ortho intramolecular Hbond substituents is 1. The van der Waals surface area contributed by atoms with Gasteiger partial charge in [0.2, 0.25) is 0 Å². The molecule has 180 valence electrons. The van der Waals surface area contributed by atoms with E-state index < -0.39 is 17.7 Å². The van der Waals surface area contributed by atoms with Crippen molar-refractivity contribution in [2.75, 3.05) is 11.5 Å². The molecule has 1 fully saturated rings. The summed E-state index contributed by atoms with van der Waals surface area (Å²) in [5, 5.41) is 21.8. The Labute approximate surface area is 213 Å². The molecule has 4 rings (SSSR count). The van der Waals surface area contributed by atoms with Gasteiger partial charge in [-0.3, -0.25) is 14.5 Å². The highest BCUT2D eigenvalue weighted by Crippen LogP contribution is 2.43. The lowest BCUT2D eigenvalue weighted by Crippen LogP contribution is -2.29. The smallest absolute Gasteiger partial charge is 0.300 e. The Morgan fingerprint density at radius 3 is 2.34 bits per heavy atom. The Bertz CT molecular complexity index is 1320. The number of aliphatic hydroxyl groups is 1. The third kappa shape index (κ3) is 4.99. The van der Waals surface area contributed by atoms with Gasteiger partial charge in [-0.2, -0.15) is 0 Å². The van der Waals surface area contributed by atoms with Gasteiger partial charge in [-0.15, -0.1) is 0 Å². The van der Waals surface area contributed by atoms with Gasteiger partial charge in [0.05, 0.1) is 28.3 Å². The number of amides is 1. The fraction of sp³-hybridized carbons (Fsp3) is 0.185. The number of ketones is 1. The summed E-state index contributed by atoms with van der Waals surface area (Å²) in [6.07, 6.45) is 0. The van der Waals surface area contributed by atoms with Crippen LogP contribution in [-0.2, 0) is 9.59 Å². The Morgan fingerprint density at radius 1 is 1.00 bits per heavy atom. The molecule has 1 atom stereocenters. The minimum Gasteiger partial charge on any atom is -0.508 e. The fourth-order valence-corrected chi connectivity index (χ4v) is 4.16. The number of Topliss-reactive ketones (excluding diaryl/α,β-unsaturated/α-hetero) is 1. The standard InChI is InChI=1S/C27H23Cl2NO5/c1-15(2)14-35-20-9-6-16(7-10-20)25(32)23-24(17-4-3-5-19(31)12-17)30(27(34)26(23)33)18-8-11-21(28)22(29)13-18/h3-13,15,24,31-32H,14H2,1-2H3/b25-23+. The lowest BCUT2D eigenvalue weighted by atomic mass is 9.95. The summed E-state index contributed by atoms with van der Waals surface area (Å²) in [6, 6.07) is 16.4. The van der Waals surface area contributed by atoms with Crippen LogP contribution in [0.15, 0.2) is 72.3 Å². The number of benzene rings is 3. The van der Waals surface area contributed by atoms with E-state index in [0.717, 1.165) is 0 Å². The van der Waals surface area contributed by atoms with Gasteiger partial charge in [0.15, 0.2) is 0 Å². The zero-order valence-corrected chi connectivity index (χ0v) is 20.5. The number of nitrogens with zero attached hydrogens (tertiary/aromatic N) is 1. The number of carbonyl (C=O) groups is 2. The van der Waals surface area contributed by atoms with Gasteiger partial charge in [0.25, 0.3) is 11.7 Å². The lowest BCUT2D eigenvalue weighted by molar-refractivity contribution is -0.132. The Balaban J connectivity index is 1.84. The molecule has 1 heterocycles. The molecule has 6 nitrogen and oxygen atoms in total. The molecular weight excluding hydrogens is 489 g/mol. The Morgan fingerprint density at radius 2 is 1.71 bits per heavy atom. The molecule has 2 N–H and O–H groups in total. The normalized spacial score (nSPS) is 17.3. The number of aromatic hydroxyl groups is 1. The molecule has 0 bridgehead atoms. The van der Waals surface area contributed by atoms with Crippen LogP contribution in [0, 0.1) is 5.92 Å². The maximum Gasteiger partial charge on any atom is 0.300 e. The molecule has 1 amide bonds. The summed E-state index contributed by atoms with van der Waals surface area (Å²) >= 11 is 12.2. The maximum absolute atomic E-state index is 13.2. The van der Waals surface area contributed by atoms with Crippen LogP contribution in [0.4, 0.5) is 5.69 Å². The Hall–Kier alpha value is -3.48. The second kappa shape index (κ2) is 10.0. The number of anilines is 1. The van der Waals surface area contributed by atoms with E-state index in [9.17, 15) is 19.8 Å². The van der Waals surface area contributed by atoms with Crippen LogP contribution in [0.2, 0.25) is 10.0 Å². The van der Waals surface area contributed by atoms with Crippen molar-refractivity contribution in [3.05, 3.63) is 93.5 Å². The highest BCUT2D eigenvalue weighted by atomic mass is 35.5. The van der Waals surface area contributed by atoms with Crippen molar-refractivity contribution in [3.63, 3.8) is 0 Å². The van der Waals surface area contributed by atoms with E-state index in [1.165, 1.54) is 29.2 Å². The summed E-state index contributed by atoms with van der Waals surface area (Å²) in [5.41, 5.74) is 1.00. The van der Waals surface area contributed by atoms with Crippen molar-refractivity contribution in [2.45, 2.75) is 19.9 Å². The fourth-order valence-electron chi connectivity index (χ4n) is 3.87. The van der Waals surface area contributed by atoms with E-state index in [2.05, 4.69) is 0 Å². The average molecular weight is 512 g/mol. The molecule has 3 aromatic rings. The summed E-state index contributed by atoms with van der Waals surface area (Å²) in [5.74, 6) is -1.11. The summed E-state index contributed by atoms with van der Waals surface area (Å²) in [6.45, 7) is 4.61. The van der Waals surface area contributed by atoms with Crippen molar-refractivity contribution in [1.82, 2.24) is 0 Å². The molecule has 1 aliphatic heterocycles. The molecule has 0 radical (unpaired) electrons. The first kappa shape index (κ1) is 24.6. The van der Waals surface area contributed by atoms with Crippen LogP contribution < -0.4 is 9.64 Å². The monoisotopic (exact) mass is 511 g/mol. The van der Waals surface area contributed by atoms with E-state index >= 15 is 0 Å². The van der Waals surface area contributed by atoms with Crippen molar-refractivity contribution >= 4 is 46.3 Å². The zero-order valence-electron chi connectivity index (χ0n) is 19.0. The van der Waals surface area contributed by atoms with Gasteiger partial charge in [-0.25, -0.2) is 0 Å². The average Bonchev–Trinajstić information content (AvgIpc) is 3.10. The molecular formula is C27H23Cl2NO5. The van der Waals surface area contributed by atoms with Crippen molar-refractivity contribution < 1.29 is 24.5 Å². The van der Waals surface area contributed by atoms with Crippen molar-refractivity contribution in [3.8, 4) is 11.5 Å². The third-order valence-electron chi connectivity index (χ3n) is 5.52. The number of rotatable bonds is 6. The first-order valence-corrected chi connectivity index (χ1v) is 11.7. The van der Waals surface area contributed by atoms with Crippen LogP contribution in [0.3, 0.4) is 0 Å². The first-order valence-electron chi connectivity index (χ1n) is 11.0. The molecule has 35 heavy (non-hydrogen) atoms. The molecule has 0 spiro atoms. The first-order chi connectivity index (χ1) is 16.7. The predicted octanol–water partition coefficient (Wildman–Crippen LogP) is 6.36. The minimum absolute atomic E-state index is 0.0473. The number of carbonyl (C=O) groups excluding carboxylic acids is 2. The molecule has 3 aromatic carbocycles. The number of halogens is 2. The molecule has 0 aliphatic carbocycles. The maximum atomic E-state index is 13.2. The van der Waals surface area contributed by atoms with Gasteiger partial charge in [-0.05, 0) is 66.1 Å². The lowest BCUT2D eigenvalue weighted by Gasteiger charge is -2.25. The molecule has 1 saturated heterocycles. The molecule has 8 heteroatoms. The zero-order chi connectivity index (χ0) is 25.3. The minimum atomic E-state index is -1.00. The van der Waals surface area contributed by atoms with Crippen molar-refractivity contribution in [1.29, 1.82) is 0 Å². The molecule has 1 aliphatic rings. The Kier molecular flexibility index (Phi) is 7.05. The number of hydrogen-bond acceptors (Lipinski definition) is 5. The predicted molar refractivity (Wildman–Crippen MR) is 136 cm³/mol. The van der Waals surface area contributed by atoms with Crippen LogP contribution >= 0.6 is 23.2 Å². The summed E-state index contributed by atoms with van der Waals surface area (Å²) < 4.78 is 5.69. The largest absolute Gasteiger partial charge is 0.508 e. The van der Waals surface area contributed by atoms with E-state index in [-0.39, 0.29) is 22.1 Å². The van der Waals surface area contributed by atoms with E-state index in [1.54, 1.807) is 42.5 Å². The van der Waals surface area contributed by atoms with Crippen LogP contribution in [-0.4, -0.2) is 28.5 Å². The van der Waals surface area contributed by atoms with Crippen LogP contribution in [0.25, 0.3) is 5.76 Å². The number of phenols is 1. The topological polar surface area (TPSA) is 87.1 Å². The summed E-state index contributed by atoms with van der Waals surface area (Å²) in [4.78, 5) is 27.6. The van der Waals surface area contributed by atoms with Crippen molar-refractivity contribution in [2.24, 2.45) is 5.92 Å². The number of hydrogen-bond donors (Lipinski definition) is 2. The van der Waals surface area contributed by atoms with E-state index in [1.807, 2.05) is 13.8 Å². The third-order valence-corrected chi connectivity index (χ3v) is 6.26. The number of ether oxygens (including phenoxy) is 1. The van der Waals surface area contributed by atoms with Gasteiger partial charge < -0.3 is 14.9 Å². The summed E-state index contributed by atoms with van der Waals surface area (Å²) in [7, 11) is 0. The van der Waals surface area contributed by atoms with E-state index in [4.69, 9.17) is 27.9 Å². The molecule has 0 aromatic heterocycles. The van der Waals surface area contributed by atoms with Gasteiger partial charge in [-0.1, -0.05) is 49.2 Å². The highest BCUT2D eigenvalue weighted by molar-refractivity contribution is 6.52. The number of aliphatic hydroxyl groups excluding tert-OH is 1. The second-order valence-electron chi connectivity index (χ2n) is 8.59. The van der Waals surface area contributed by atoms with Crippen LogP contribution in [0.1, 0.15) is 31.0 Å². The SMILES string of the molecule is CC(C)COc1ccc(/C(O)=C2\C(=O)C(=O)N(c3ccc(Cl)c(Cl)c3)C2c2cccc(O)c2)cc1. The van der Waals surface area contributed by atoms with Gasteiger partial charge >= 0.3 is 0 Å². The highest BCUT2D eigenvalue weighted by Gasteiger charge is 2.47. The van der Waals surface area contributed by atoms with Crippen LogP contribution in [0.5, 0.6) is 11.5 Å². The van der Waals surface area contributed by atoms with Gasteiger partial charge in [0, 0.05) is 11.3 Å². The molecule has 1 unspecified atom stereocenters. The quantitative estimate of drug-likeness (QED) is 0.228. The molecule has 0 saturated carbocycles. The second-order valence-corrected chi connectivity index (χ2v) is 9.41. The van der Waals surface area contributed by atoms with Gasteiger partial charge in [0.1, 0.15) is 17.3 Å². The van der Waals surface area contributed by atoms with E-state index in [0.29, 0.717) is 40.1 Å².